The van der Waals surface area contributed by atoms with Crippen molar-refractivity contribution in [1.82, 2.24) is 10.3 Å². The van der Waals surface area contributed by atoms with E-state index in [2.05, 4.69) is 10.3 Å². The smallest absolute Gasteiger partial charge is 0.287 e. The standard InChI is InChI=1S/C14H18N2O2S/c1-8(2)11-5-6-18-12(11)13(17)16-10(4)14-15-7-9(3)19-14/h5-8,10H,1-4H3,(H,16,17). The van der Waals surface area contributed by atoms with E-state index in [1.54, 1.807) is 17.6 Å². The predicted octanol–water partition coefficient (Wildman–Crippen LogP) is 3.66. The van der Waals surface area contributed by atoms with Gasteiger partial charge in [-0.2, -0.15) is 0 Å². The number of aromatic nitrogens is 1. The quantitative estimate of drug-likeness (QED) is 0.928. The number of amides is 1. The first-order chi connectivity index (χ1) is 8.99. The Kier molecular flexibility index (Phi) is 4.04. The molecule has 0 aliphatic carbocycles. The van der Waals surface area contributed by atoms with Crippen molar-refractivity contribution < 1.29 is 9.21 Å². The van der Waals surface area contributed by atoms with Gasteiger partial charge in [-0.15, -0.1) is 11.3 Å². The highest BCUT2D eigenvalue weighted by atomic mass is 32.1. The van der Waals surface area contributed by atoms with Crippen molar-refractivity contribution in [3.8, 4) is 0 Å². The van der Waals surface area contributed by atoms with Crippen molar-refractivity contribution in [3.05, 3.63) is 39.7 Å². The molecule has 2 aromatic rings. The van der Waals surface area contributed by atoms with Crippen LogP contribution in [0.15, 0.2) is 22.9 Å². The van der Waals surface area contributed by atoms with Gasteiger partial charge in [0.05, 0.1) is 12.3 Å². The number of thiazole rings is 1. The molecule has 102 valence electrons. The van der Waals surface area contributed by atoms with Crippen LogP contribution in [-0.2, 0) is 0 Å². The first kappa shape index (κ1) is 13.8. The molecule has 0 aliphatic rings. The molecule has 0 radical (unpaired) electrons. The molecule has 5 heteroatoms. The van der Waals surface area contributed by atoms with E-state index in [9.17, 15) is 4.79 Å². The molecule has 1 amide bonds. The van der Waals surface area contributed by atoms with Crippen LogP contribution in [0.25, 0.3) is 0 Å². The third-order valence-corrected chi connectivity index (χ3v) is 3.98. The van der Waals surface area contributed by atoms with Gasteiger partial charge in [0.15, 0.2) is 5.76 Å². The first-order valence-electron chi connectivity index (χ1n) is 6.29. The van der Waals surface area contributed by atoms with Gasteiger partial charge in [0.2, 0.25) is 0 Å². The zero-order valence-corrected chi connectivity index (χ0v) is 12.4. The number of nitrogens with one attached hydrogen (secondary N) is 1. The lowest BCUT2D eigenvalue weighted by molar-refractivity contribution is 0.0910. The monoisotopic (exact) mass is 278 g/mol. The average molecular weight is 278 g/mol. The van der Waals surface area contributed by atoms with Crippen LogP contribution in [-0.4, -0.2) is 10.9 Å². The number of rotatable bonds is 4. The molecule has 0 saturated heterocycles. The molecule has 0 aliphatic heterocycles. The van der Waals surface area contributed by atoms with Crippen molar-refractivity contribution in [2.75, 3.05) is 0 Å². The summed E-state index contributed by atoms with van der Waals surface area (Å²) in [5.41, 5.74) is 0.931. The second kappa shape index (κ2) is 5.57. The molecule has 0 saturated carbocycles. The Bertz CT molecular complexity index is 572. The summed E-state index contributed by atoms with van der Waals surface area (Å²) < 4.78 is 5.30. The van der Waals surface area contributed by atoms with Gasteiger partial charge in [0, 0.05) is 16.6 Å². The van der Waals surface area contributed by atoms with Gasteiger partial charge in [-0.1, -0.05) is 13.8 Å². The highest BCUT2D eigenvalue weighted by molar-refractivity contribution is 7.11. The lowest BCUT2D eigenvalue weighted by Gasteiger charge is -2.11. The zero-order chi connectivity index (χ0) is 14.0. The number of nitrogens with zero attached hydrogens (tertiary/aromatic N) is 1. The molecule has 0 spiro atoms. The largest absolute Gasteiger partial charge is 0.459 e. The molecule has 2 aromatic heterocycles. The fourth-order valence-electron chi connectivity index (χ4n) is 1.85. The molecule has 4 nitrogen and oxygen atoms in total. The Hall–Kier alpha value is -1.62. The van der Waals surface area contributed by atoms with E-state index in [0.29, 0.717) is 5.76 Å². The van der Waals surface area contributed by atoms with E-state index in [1.165, 1.54) is 0 Å². The molecule has 1 unspecified atom stereocenters. The Morgan fingerprint density at radius 2 is 2.16 bits per heavy atom. The number of carbonyl (C=O) groups excluding carboxylic acids is 1. The number of aryl methyl sites for hydroxylation is 1. The molecule has 0 fully saturated rings. The van der Waals surface area contributed by atoms with Gasteiger partial charge in [-0.3, -0.25) is 4.79 Å². The third kappa shape index (κ3) is 3.04. The van der Waals surface area contributed by atoms with Crippen molar-refractivity contribution in [2.45, 2.75) is 39.7 Å². The molecule has 1 atom stereocenters. The van der Waals surface area contributed by atoms with Crippen LogP contribution in [0.3, 0.4) is 0 Å². The second-order valence-electron chi connectivity index (χ2n) is 4.86. The second-order valence-corrected chi connectivity index (χ2v) is 6.13. The highest BCUT2D eigenvalue weighted by Crippen LogP contribution is 2.23. The van der Waals surface area contributed by atoms with Crippen molar-refractivity contribution in [1.29, 1.82) is 0 Å². The Morgan fingerprint density at radius 1 is 1.42 bits per heavy atom. The minimum Gasteiger partial charge on any atom is -0.459 e. The Balaban J connectivity index is 2.10. The molecular formula is C14H18N2O2S. The fraction of sp³-hybridized carbons (Fsp3) is 0.429. The predicted molar refractivity (Wildman–Crippen MR) is 75.5 cm³/mol. The van der Waals surface area contributed by atoms with Gasteiger partial charge in [-0.05, 0) is 25.8 Å². The maximum absolute atomic E-state index is 12.2. The average Bonchev–Trinajstić information content (AvgIpc) is 2.96. The minimum atomic E-state index is -0.186. The maximum Gasteiger partial charge on any atom is 0.287 e. The molecule has 0 bridgehead atoms. The van der Waals surface area contributed by atoms with Crippen molar-refractivity contribution in [3.63, 3.8) is 0 Å². The van der Waals surface area contributed by atoms with Crippen molar-refractivity contribution in [2.24, 2.45) is 0 Å². The van der Waals surface area contributed by atoms with Gasteiger partial charge < -0.3 is 9.73 Å². The Labute approximate surface area is 116 Å². The molecule has 19 heavy (non-hydrogen) atoms. The van der Waals surface area contributed by atoms with Gasteiger partial charge >= 0.3 is 0 Å². The third-order valence-electron chi connectivity index (χ3n) is 2.88. The van der Waals surface area contributed by atoms with E-state index >= 15 is 0 Å². The summed E-state index contributed by atoms with van der Waals surface area (Å²) in [6.45, 7) is 8.00. The summed E-state index contributed by atoms with van der Waals surface area (Å²) in [5, 5.41) is 3.83. The molecule has 1 N–H and O–H groups in total. The van der Waals surface area contributed by atoms with Crippen LogP contribution >= 0.6 is 11.3 Å². The molecular weight excluding hydrogens is 260 g/mol. The van der Waals surface area contributed by atoms with E-state index in [1.807, 2.05) is 40.0 Å². The van der Waals surface area contributed by atoms with Crippen LogP contribution in [0.5, 0.6) is 0 Å². The van der Waals surface area contributed by atoms with Crippen molar-refractivity contribution >= 4 is 17.2 Å². The Morgan fingerprint density at radius 3 is 2.74 bits per heavy atom. The van der Waals surface area contributed by atoms with E-state index in [4.69, 9.17) is 4.42 Å². The topological polar surface area (TPSA) is 55.1 Å². The van der Waals surface area contributed by atoms with Crippen LogP contribution in [0.1, 0.15) is 58.7 Å². The van der Waals surface area contributed by atoms with E-state index < -0.39 is 0 Å². The van der Waals surface area contributed by atoms with Gasteiger partial charge in [0.25, 0.3) is 5.91 Å². The van der Waals surface area contributed by atoms with Gasteiger partial charge in [-0.25, -0.2) is 4.98 Å². The fourth-order valence-corrected chi connectivity index (χ4v) is 2.63. The van der Waals surface area contributed by atoms with Crippen LogP contribution in [0.2, 0.25) is 0 Å². The van der Waals surface area contributed by atoms with Crippen LogP contribution in [0, 0.1) is 6.92 Å². The van der Waals surface area contributed by atoms with E-state index in [0.717, 1.165) is 15.4 Å². The normalized spacial score (nSPS) is 12.7. The molecule has 0 aromatic carbocycles. The number of furan rings is 1. The minimum absolute atomic E-state index is 0.115. The summed E-state index contributed by atoms with van der Waals surface area (Å²) in [4.78, 5) is 17.6. The lowest BCUT2D eigenvalue weighted by atomic mass is 10.0. The molecule has 2 rings (SSSR count). The highest BCUT2D eigenvalue weighted by Gasteiger charge is 2.20. The first-order valence-corrected chi connectivity index (χ1v) is 7.11. The molecule has 2 heterocycles. The number of carbonyl (C=O) groups is 1. The number of hydrogen-bond acceptors (Lipinski definition) is 4. The summed E-state index contributed by atoms with van der Waals surface area (Å²) in [6, 6.07) is 1.73. The van der Waals surface area contributed by atoms with Gasteiger partial charge in [0.1, 0.15) is 5.01 Å². The number of hydrogen-bond donors (Lipinski definition) is 1. The van der Waals surface area contributed by atoms with Crippen LogP contribution < -0.4 is 5.32 Å². The van der Waals surface area contributed by atoms with E-state index in [-0.39, 0.29) is 17.9 Å². The summed E-state index contributed by atoms with van der Waals surface area (Å²) in [5.74, 6) is 0.473. The summed E-state index contributed by atoms with van der Waals surface area (Å²) >= 11 is 1.59. The zero-order valence-electron chi connectivity index (χ0n) is 11.6. The lowest BCUT2D eigenvalue weighted by Crippen LogP contribution is -2.27. The maximum atomic E-state index is 12.2. The van der Waals surface area contributed by atoms with Crippen LogP contribution in [0.4, 0.5) is 0 Å². The SMILES string of the molecule is Cc1cnc(C(C)NC(=O)c2occc2C(C)C)s1. The summed E-state index contributed by atoms with van der Waals surface area (Å²) in [7, 11) is 0. The summed E-state index contributed by atoms with van der Waals surface area (Å²) in [6.07, 6.45) is 3.37.